The SMILES string of the molecule is C(=C(\C(=C\P(c1ccccc1)c1ccccc1)c1ccccc1)c1ccccc1)/c1ccccc1. The predicted molar refractivity (Wildman–Crippen MR) is 154 cm³/mol. The molecule has 168 valence electrons. The van der Waals surface area contributed by atoms with Crippen molar-refractivity contribution in [2.24, 2.45) is 0 Å². The maximum atomic E-state index is 2.50. The molecule has 35 heavy (non-hydrogen) atoms. The molecule has 1 heteroatoms. The van der Waals surface area contributed by atoms with E-state index in [1.54, 1.807) is 0 Å². The van der Waals surface area contributed by atoms with Gasteiger partial charge in [-0.1, -0.05) is 152 Å². The van der Waals surface area contributed by atoms with Crippen LogP contribution in [0.4, 0.5) is 0 Å². The summed E-state index contributed by atoms with van der Waals surface area (Å²) in [6.45, 7) is 0. The van der Waals surface area contributed by atoms with E-state index in [1.165, 1.54) is 38.4 Å². The molecule has 0 N–H and O–H groups in total. The van der Waals surface area contributed by atoms with Gasteiger partial charge in [0.1, 0.15) is 0 Å². The molecule has 0 aliphatic carbocycles. The van der Waals surface area contributed by atoms with Gasteiger partial charge in [0.05, 0.1) is 0 Å². The number of benzene rings is 5. The first-order chi connectivity index (χ1) is 17.4. The van der Waals surface area contributed by atoms with Crippen molar-refractivity contribution in [2.45, 2.75) is 0 Å². The van der Waals surface area contributed by atoms with Crippen molar-refractivity contribution in [3.63, 3.8) is 0 Å². The third kappa shape index (κ3) is 5.75. The van der Waals surface area contributed by atoms with Crippen LogP contribution in [0.5, 0.6) is 0 Å². The molecule has 0 saturated heterocycles. The maximum absolute atomic E-state index is 2.50. The topological polar surface area (TPSA) is 0 Å². The molecule has 0 heterocycles. The third-order valence-corrected chi connectivity index (χ3v) is 8.12. The van der Waals surface area contributed by atoms with Gasteiger partial charge in [0, 0.05) is 0 Å². The normalized spacial score (nSPS) is 12.0. The lowest BCUT2D eigenvalue weighted by molar-refractivity contribution is 1.58. The zero-order valence-electron chi connectivity index (χ0n) is 19.5. The van der Waals surface area contributed by atoms with E-state index in [4.69, 9.17) is 0 Å². The second kappa shape index (κ2) is 11.4. The van der Waals surface area contributed by atoms with E-state index in [0.29, 0.717) is 0 Å². The summed E-state index contributed by atoms with van der Waals surface area (Å²) in [5.41, 5.74) is 6.10. The molecule has 0 aliphatic rings. The number of hydrogen-bond acceptors (Lipinski definition) is 0. The van der Waals surface area contributed by atoms with Crippen LogP contribution >= 0.6 is 7.92 Å². The van der Waals surface area contributed by atoms with E-state index in [9.17, 15) is 0 Å². The van der Waals surface area contributed by atoms with Crippen molar-refractivity contribution >= 4 is 35.8 Å². The van der Waals surface area contributed by atoms with Crippen molar-refractivity contribution in [3.8, 4) is 0 Å². The van der Waals surface area contributed by atoms with Gasteiger partial charge in [-0.05, 0) is 58.3 Å². The quantitative estimate of drug-likeness (QED) is 0.128. The summed E-state index contributed by atoms with van der Waals surface area (Å²) in [6.07, 6.45) is 2.32. The smallest absolute Gasteiger partial charge is 0.00942 e. The Labute approximate surface area is 209 Å². The average Bonchev–Trinajstić information content (AvgIpc) is 2.95. The maximum Gasteiger partial charge on any atom is -0.00942 e. The second-order valence-electron chi connectivity index (χ2n) is 8.28. The van der Waals surface area contributed by atoms with Crippen LogP contribution in [0.1, 0.15) is 16.7 Å². The fourth-order valence-electron chi connectivity index (χ4n) is 4.17. The molecule has 0 bridgehead atoms. The molecule has 0 unspecified atom stereocenters. The standard InChI is InChI=1S/C34H27P/c1-6-16-28(17-7-1)26-33(29-18-8-2-9-19-29)34(30-20-10-3-11-21-30)27-35(31-22-12-4-13-23-31)32-24-14-5-15-25-32/h1-27H/b33-26+,34-27+. The van der Waals surface area contributed by atoms with Gasteiger partial charge in [0.15, 0.2) is 0 Å². The van der Waals surface area contributed by atoms with E-state index in [0.717, 1.165) is 0 Å². The first kappa shape index (κ1) is 22.8. The molecule has 0 aliphatic heterocycles. The largest absolute Gasteiger partial charge is 0.0622 e. The zero-order chi connectivity index (χ0) is 23.7. The summed E-state index contributed by atoms with van der Waals surface area (Å²) in [4.78, 5) is 0. The lowest BCUT2D eigenvalue weighted by Gasteiger charge is -2.20. The molecular formula is C34H27P. The Morgan fingerprint density at radius 3 is 1.23 bits per heavy atom. The summed E-state index contributed by atoms with van der Waals surface area (Å²) in [5.74, 6) is 2.50. The monoisotopic (exact) mass is 466 g/mol. The highest BCUT2D eigenvalue weighted by atomic mass is 31.1. The van der Waals surface area contributed by atoms with Gasteiger partial charge in [-0.3, -0.25) is 0 Å². The fraction of sp³-hybridized carbons (Fsp3) is 0. The van der Waals surface area contributed by atoms with Crippen LogP contribution in [0, 0.1) is 0 Å². The Kier molecular flexibility index (Phi) is 7.44. The van der Waals surface area contributed by atoms with Gasteiger partial charge in [0.25, 0.3) is 0 Å². The molecular weight excluding hydrogens is 439 g/mol. The van der Waals surface area contributed by atoms with Crippen molar-refractivity contribution in [1.29, 1.82) is 0 Å². The Morgan fingerprint density at radius 1 is 0.400 bits per heavy atom. The van der Waals surface area contributed by atoms with Gasteiger partial charge in [0.2, 0.25) is 0 Å². The van der Waals surface area contributed by atoms with E-state index < -0.39 is 7.92 Å². The summed E-state index contributed by atoms with van der Waals surface area (Å²) >= 11 is 0. The van der Waals surface area contributed by atoms with Crippen LogP contribution in [0.25, 0.3) is 17.2 Å². The second-order valence-corrected chi connectivity index (χ2v) is 10.3. The number of hydrogen-bond donors (Lipinski definition) is 0. The van der Waals surface area contributed by atoms with E-state index in [2.05, 4.69) is 164 Å². The highest BCUT2D eigenvalue weighted by Gasteiger charge is 2.17. The third-order valence-electron chi connectivity index (χ3n) is 5.90. The lowest BCUT2D eigenvalue weighted by Crippen LogP contribution is -2.10. The van der Waals surface area contributed by atoms with Crippen molar-refractivity contribution in [1.82, 2.24) is 0 Å². The van der Waals surface area contributed by atoms with Gasteiger partial charge in [-0.2, -0.15) is 0 Å². The van der Waals surface area contributed by atoms with Crippen molar-refractivity contribution in [2.75, 3.05) is 0 Å². The Hall–Kier alpha value is -3.99. The molecule has 5 rings (SSSR count). The van der Waals surface area contributed by atoms with Gasteiger partial charge < -0.3 is 0 Å². The number of rotatable bonds is 7. The van der Waals surface area contributed by atoms with Crippen LogP contribution < -0.4 is 10.6 Å². The molecule has 0 radical (unpaired) electrons. The van der Waals surface area contributed by atoms with Crippen LogP contribution in [0.3, 0.4) is 0 Å². The molecule has 0 spiro atoms. The number of allylic oxidation sites excluding steroid dienone is 2. The van der Waals surface area contributed by atoms with Crippen molar-refractivity contribution in [3.05, 3.63) is 174 Å². The van der Waals surface area contributed by atoms with Crippen LogP contribution in [0.2, 0.25) is 0 Å². The Balaban J connectivity index is 1.77. The molecule has 0 aromatic heterocycles. The minimum Gasteiger partial charge on any atom is -0.0622 e. The first-order valence-electron chi connectivity index (χ1n) is 11.9. The van der Waals surface area contributed by atoms with E-state index in [-0.39, 0.29) is 0 Å². The van der Waals surface area contributed by atoms with Crippen molar-refractivity contribution < 1.29 is 0 Å². The summed E-state index contributed by atoms with van der Waals surface area (Å²) in [6, 6.07) is 53.9. The van der Waals surface area contributed by atoms with Gasteiger partial charge in [-0.15, -0.1) is 0 Å². The van der Waals surface area contributed by atoms with E-state index in [1.807, 2.05) is 0 Å². The van der Waals surface area contributed by atoms with Crippen LogP contribution in [-0.4, -0.2) is 0 Å². The lowest BCUT2D eigenvalue weighted by atomic mass is 9.92. The van der Waals surface area contributed by atoms with Gasteiger partial charge >= 0.3 is 0 Å². The molecule has 5 aromatic carbocycles. The fourth-order valence-corrected chi connectivity index (χ4v) is 6.30. The van der Waals surface area contributed by atoms with E-state index >= 15 is 0 Å². The first-order valence-corrected chi connectivity index (χ1v) is 13.3. The van der Waals surface area contributed by atoms with Crippen LogP contribution in [0.15, 0.2) is 157 Å². The predicted octanol–water partition coefficient (Wildman–Crippen LogP) is 8.40. The zero-order valence-corrected chi connectivity index (χ0v) is 20.4. The summed E-state index contributed by atoms with van der Waals surface area (Å²) in [5, 5.41) is 2.68. The summed E-state index contributed by atoms with van der Waals surface area (Å²) < 4.78 is 0. The van der Waals surface area contributed by atoms with Gasteiger partial charge in [-0.25, -0.2) is 0 Å². The molecule has 0 amide bonds. The summed E-state index contributed by atoms with van der Waals surface area (Å²) in [7, 11) is -0.714. The molecule has 0 fully saturated rings. The highest BCUT2D eigenvalue weighted by Crippen LogP contribution is 2.43. The Morgan fingerprint density at radius 2 is 0.771 bits per heavy atom. The molecule has 0 nitrogen and oxygen atoms in total. The molecule has 0 saturated carbocycles. The molecule has 0 atom stereocenters. The van der Waals surface area contributed by atoms with Crippen LogP contribution in [-0.2, 0) is 0 Å². The molecule has 5 aromatic rings. The Bertz CT molecular complexity index is 1350. The minimum atomic E-state index is -0.714. The highest BCUT2D eigenvalue weighted by molar-refractivity contribution is 7.76. The average molecular weight is 467 g/mol. The minimum absolute atomic E-state index is 0.714.